The maximum Gasteiger partial charge on any atom is 0.0335 e. The molecule has 104 valence electrons. The Hall–Kier alpha value is -0.860. The third-order valence-electron chi connectivity index (χ3n) is 5.49. The Morgan fingerprint density at radius 2 is 1.68 bits per heavy atom. The van der Waals surface area contributed by atoms with Crippen LogP contribution in [0.15, 0.2) is 30.3 Å². The van der Waals surface area contributed by atoms with Crippen LogP contribution >= 0.6 is 0 Å². The zero-order chi connectivity index (χ0) is 13.1. The van der Waals surface area contributed by atoms with E-state index in [1.54, 1.807) is 0 Å². The van der Waals surface area contributed by atoms with E-state index in [9.17, 15) is 0 Å². The van der Waals surface area contributed by atoms with Gasteiger partial charge in [0, 0.05) is 11.5 Å². The maximum absolute atomic E-state index is 5.99. The van der Waals surface area contributed by atoms with E-state index in [0.717, 1.165) is 5.92 Å². The average molecular weight is 258 g/mol. The second-order valence-corrected chi connectivity index (χ2v) is 6.42. The smallest absolute Gasteiger partial charge is 0.0335 e. The fourth-order valence-corrected chi connectivity index (χ4v) is 4.25. The van der Waals surface area contributed by atoms with Gasteiger partial charge < -0.3 is 0 Å². The van der Waals surface area contributed by atoms with Crippen molar-refractivity contribution in [2.75, 3.05) is 0 Å². The molecule has 0 aliphatic heterocycles. The van der Waals surface area contributed by atoms with Crippen LogP contribution in [0, 0.1) is 5.92 Å². The van der Waals surface area contributed by atoms with E-state index in [-0.39, 0.29) is 5.41 Å². The van der Waals surface area contributed by atoms with Crippen LogP contribution in [0.4, 0.5) is 0 Å². The first-order valence-electron chi connectivity index (χ1n) is 7.88. The van der Waals surface area contributed by atoms with Crippen LogP contribution in [-0.4, -0.2) is 6.04 Å². The quantitative estimate of drug-likeness (QED) is 0.640. The van der Waals surface area contributed by atoms with E-state index in [0.29, 0.717) is 6.04 Å². The van der Waals surface area contributed by atoms with Crippen molar-refractivity contribution >= 4 is 0 Å². The second kappa shape index (κ2) is 5.64. The average Bonchev–Trinajstić information content (AvgIpc) is 2.44. The molecule has 1 aromatic rings. The predicted molar refractivity (Wildman–Crippen MR) is 79.7 cm³/mol. The number of hydrogen-bond donors (Lipinski definition) is 2. The molecule has 1 atom stereocenters. The predicted octanol–water partition coefficient (Wildman–Crippen LogP) is 3.52. The van der Waals surface area contributed by atoms with E-state index in [4.69, 9.17) is 5.84 Å². The Labute approximate surface area is 116 Å². The lowest BCUT2D eigenvalue weighted by Crippen LogP contribution is -2.57. The minimum Gasteiger partial charge on any atom is -0.271 e. The molecule has 19 heavy (non-hydrogen) atoms. The first-order valence-corrected chi connectivity index (χ1v) is 7.88. The van der Waals surface area contributed by atoms with Crippen molar-refractivity contribution in [3.63, 3.8) is 0 Å². The molecule has 0 amide bonds. The third-order valence-corrected chi connectivity index (χ3v) is 5.49. The van der Waals surface area contributed by atoms with E-state index in [1.807, 2.05) is 0 Å². The van der Waals surface area contributed by atoms with Crippen LogP contribution in [0.5, 0.6) is 0 Å². The summed E-state index contributed by atoms with van der Waals surface area (Å²) in [5, 5.41) is 0. The highest BCUT2D eigenvalue weighted by molar-refractivity contribution is 5.29. The van der Waals surface area contributed by atoms with Crippen molar-refractivity contribution in [3.8, 4) is 0 Å². The molecule has 0 saturated heterocycles. The number of nitrogens with two attached hydrogens (primary N) is 1. The van der Waals surface area contributed by atoms with E-state index in [1.165, 1.54) is 56.9 Å². The van der Waals surface area contributed by atoms with Crippen LogP contribution in [0.25, 0.3) is 0 Å². The van der Waals surface area contributed by atoms with Gasteiger partial charge in [0.25, 0.3) is 0 Å². The van der Waals surface area contributed by atoms with Crippen LogP contribution in [0.3, 0.4) is 0 Å². The summed E-state index contributed by atoms with van der Waals surface area (Å²) in [4.78, 5) is 0. The van der Waals surface area contributed by atoms with Gasteiger partial charge in [0.1, 0.15) is 0 Å². The molecule has 2 heteroatoms. The van der Waals surface area contributed by atoms with Gasteiger partial charge in [-0.3, -0.25) is 11.3 Å². The molecule has 2 aliphatic rings. The standard InChI is InChI=1S/C17H26N2/c18-19-16(14-8-7-9-14)17(12-5-2-6-13-17)15-10-3-1-4-11-15/h1,3-4,10-11,14,16,19H,2,5-9,12-13,18H2. The lowest BCUT2D eigenvalue weighted by atomic mass is 9.59. The van der Waals surface area contributed by atoms with Gasteiger partial charge in [-0.05, 0) is 37.2 Å². The molecule has 3 N–H and O–H groups in total. The van der Waals surface area contributed by atoms with Crippen molar-refractivity contribution in [1.29, 1.82) is 0 Å². The van der Waals surface area contributed by atoms with Crippen molar-refractivity contribution in [2.24, 2.45) is 11.8 Å². The molecule has 3 rings (SSSR count). The summed E-state index contributed by atoms with van der Waals surface area (Å²) in [5.41, 5.74) is 4.99. The van der Waals surface area contributed by atoms with Gasteiger partial charge in [0.15, 0.2) is 0 Å². The number of hydrogen-bond acceptors (Lipinski definition) is 2. The maximum atomic E-state index is 5.99. The van der Waals surface area contributed by atoms with E-state index >= 15 is 0 Å². The summed E-state index contributed by atoms with van der Waals surface area (Å²) >= 11 is 0. The number of nitrogens with one attached hydrogen (secondary N) is 1. The first-order chi connectivity index (χ1) is 9.37. The SMILES string of the molecule is NNC(C1CCC1)C1(c2ccccc2)CCCCC1. The largest absolute Gasteiger partial charge is 0.271 e. The van der Waals surface area contributed by atoms with Crippen LogP contribution in [0.2, 0.25) is 0 Å². The van der Waals surface area contributed by atoms with Crippen molar-refractivity contribution in [2.45, 2.75) is 62.8 Å². The molecule has 0 radical (unpaired) electrons. The Morgan fingerprint density at radius 1 is 1.00 bits per heavy atom. The molecule has 1 aromatic carbocycles. The van der Waals surface area contributed by atoms with E-state index < -0.39 is 0 Å². The molecular formula is C17H26N2. The fourth-order valence-electron chi connectivity index (χ4n) is 4.25. The second-order valence-electron chi connectivity index (χ2n) is 6.42. The van der Waals surface area contributed by atoms with Crippen LogP contribution in [-0.2, 0) is 5.41 Å². The van der Waals surface area contributed by atoms with Crippen molar-refractivity contribution < 1.29 is 0 Å². The number of benzene rings is 1. The van der Waals surface area contributed by atoms with Gasteiger partial charge in [0.2, 0.25) is 0 Å². The zero-order valence-electron chi connectivity index (χ0n) is 11.8. The van der Waals surface area contributed by atoms with Crippen molar-refractivity contribution in [1.82, 2.24) is 5.43 Å². The molecule has 2 nitrogen and oxygen atoms in total. The van der Waals surface area contributed by atoms with Gasteiger partial charge in [-0.1, -0.05) is 56.0 Å². The fraction of sp³-hybridized carbons (Fsp3) is 0.647. The highest BCUT2D eigenvalue weighted by Crippen LogP contribution is 2.47. The molecule has 0 bridgehead atoms. The molecular weight excluding hydrogens is 232 g/mol. The third kappa shape index (κ3) is 2.32. The highest BCUT2D eigenvalue weighted by atomic mass is 15.2. The Kier molecular flexibility index (Phi) is 3.90. The topological polar surface area (TPSA) is 38.0 Å². The summed E-state index contributed by atoms with van der Waals surface area (Å²) in [6.07, 6.45) is 10.8. The summed E-state index contributed by atoms with van der Waals surface area (Å²) in [7, 11) is 0. The Bertz CT molecular complexity index is 391. The van der Waals surface area contributed by atoms with Gasteiger partial charge in [-0.2, -0.15) is 0 Å². The lowest BCUT2D eigenvalue weighted by molar-refractivity contribution is 0.115. The van der Waals surface area contributed by atoms with Gasteiger partial charge in [-0.25, -0.2) is 0 Å². The molecule has 0 spiro atoms. The summed E-state index contributed by atoms with van der Waals surface area (Å²) < 4.78 is 0. The Balaban J connectivity index is 1.95. The summed E-state index contributed by atoms with van der Waals surface area (Å²) in [6, 6.07) is 11.6. The Morgan fingerprint density at radius 3 is 2.21 bits per heavy atom. The zero-order valence-corrected chi connectivity index (χ0v) is 11.8. The molecule has 1 unspecified atom stereocenters. The minimum atomic E-state index is 0.277. The molecule has 2 aliphatic carbocycles. The van der Waals surface area contributed by atoms with E-state index in [2.05, 4.69) is 35.8 Å². The van der Waals surface area contributed by atoms with Crippen LogP contribution < -0.4 is 11.3 Å². The van der Waals surface area contributed by atoms with Crippen LogP contribution in [0.1, 0.15) is 56.9 Å². The monoisotopic (exact) mass is 258 g/mol. The van der Waals surface area contributed by atoms with Gasteiger partial charge in [0.05, 0.1) is 0 Å². The lowest BCUT2D eigenvalue weighted by Gasteiger charge is -2.49. The molecule has 0 aromatic heterocycles. The number of hydrazine groups is 1. The van der Waals surface area contributed by atoms with Gasteiger partial charge >= 0.3 is 0 Å². The highest BCUT2D eigenvalue weighted by Gasteiger charge is 2.45. The minimum absolute atomic E-state index is 0.277. The first kappa shape index (κ1) is 13.1. The molecule has 0 heterocycles. The summed E-state index contributed by atoms with van der Waals surface area (Å²) in [5.74, 6) is 6.77. The summed E-state index contributed by atoms with van der Waals surface area (Å²) in [6.45, 7) is 0. The number of rotatable bonds is 4. The van der Waals surface area contributed by atoms with Crippen molar-refractivity contribution in [3.05, 3.63) is 35.9 Å². The molecule has 2 saturated carbocycles. The van der Waals surface area contributed by atoms with Gasteiger partial charge in [-0.15, -0.1) is 0 Å². The normalized spacial score (nSPS) is 24.7. The molecule has 2 fully saturated rings.